The summed E-state index contributed by atoms with van der Waals surface area (Å²) in [6.07, 6.45) is 0. The summed E-state index contributed by atoms with van der Waals surface area (Å²) in [5.74, 6) is -1.35. The first-order chi connectivity index (χ1) is 7.93. The lowest BCUT2D eigenvalue weighted by Crippen LogP contribution is -2.06. The normalized spacial score (nSPS) is 9.82. The molecule has 1 aromatic rings. The van der Waals surface area contributed by atoms with Crippen molar-refractivity contribution >= 4 is 34.2 Å². The van der Waals surface area contributed by atoms with Crippen LogP contribution in [-0.2, 0) is 0 Å². The average molecular weight is 353 g/mol. The lowest BCUT2D eigenvalue weighted by Gasteiger charge is -2.10. The number of nitro groups is 1. The zero-order valence-electron chi connectivity index (χ0n) is 8.89. The highest BCUT2D eigenvalue weighted by molar-refractivity contribution is 14.1. The molecule has 0 aliphatic heterocycles. The molecule has 0 aliphatic rings. The second-order valence-corrected chi connectivity index (χ2v) is 3.96. The monoisotopic (exact) mass is 353 g/mol. The van der Waals surface area contributed by atoms with Gasteiger partial charge in [-0.2, -0.15) is 0 Å². The minimum absolute atomic E-state index is 0.00208. The molecule has 0 fully saturated rings. The van der Waals surface area contributed by atoms with Gasteiger partial charge in [0.05, 0.1) is 24.7 Å². The van der Waals surface area contributed by atoms with Crippen LogP contribution in [0, 0.1) is 13.7 Å². The molecule has 92 valence electrons. The van der Waals surface area contributed by atoms with Crippen LogP contribution in [0.2, 0.25) is 0 Å². The van der Waals surface area contributed by atoms with Gasteiger partial charge in [0.1, 0.15) is 3.57 Å². The molecule has 0 aromatic heterocycles. The first-order valence-electron chi connectivity index (χ1n) is 4.26. The van der Waals surface area contributed by atoms with Gasteiger partial charge in [-0.3, -0.25) is 10.1 Å². The average Bonchev–Trinajstić information content (AvgIpc) is 2.26. The number of benzene rings is 1. The molecule has 0 radical (unpaired) electrons. The fraction of sp³-hybridized carbons (Fsp3) is 0.222. The number of halogens is 1. The van der Waals surface area contributed by atoms with E-state index in [-0.39, 0.29) is 20.6 Å². The van der Waals surface area contributed by atoms with E-state index in [1.165, 1.54) is 20.3 Å². The molecule has 0 saturated heterocycles. The summed E-state index contributed by atoms with van der Waals surface area (Å²) in [4.78, 5) is 21.2. The molecule has 0 bridgehead atoms. The molecule has 1 rings (SSSR count). The van der Waals surface area contributed by atoms with E-state index in [0.29, 0.717) is 0 Å². The van der Waals surface area contributed by atoms with E-state index >= 15 is 0 Å². The second-order valence-electron chi connectivity index (χ2n) is 2.88. The van der Waals surface area contributed by atoms with Gasteiger partial charge in [0.25, 0.3) is 0 Å². The van der Waals surface area contributed by atoms with Crippen LogP contribution in [0.5, 0.6) is 11.5 Å². The van der Waals surface area contributed by atoms with Gasteiger partial charge < -0.3 is 14.6 Å². The van der Waals surface area contributed by atoms with E-state index in [1.54, 1.807) is 22.6 Å². The Morgan fingerprint density at radius 2 is 2.06 bits per heavy atom. The van der Waals surface area contributed by atoms with Crippen molar-refractivity contribution in [1.29, 1.82) is 0 Å². The van der Waals surface area contributed by atoms with Gasteiger partial charge in [-0.1, -0.05) is 0 Å². The predicted molar refractivity (Wildman–Crippen MR) is 65.9 cm³/mol. The summed E-state index contributed by atoms with van der Waals surface area (Å²) in [5.41, 5.74) is -0.611. The van der Waals surface area contributed by atoms with Crippen LogP contribution in [0.1, 0.15) is 10.4 Å². The van der Waals surface area contributed by atoms with E-state index in [1.807, 2.05) is 0 Å². The Kier molecular flexibility index (Phi) is 4.10. The number of ether oxygens (including phenoxy) is 2. The van der Waals surface area contributed by atoms with Crippen molar-refractivity contribution in [3.63, 3.8) is 0 Å². The number of carboxylic acids is 1. The number of carboxylic acid groups (broad SMARTS) is 1. The number of hydrogen-bond acceptors (Lipinski definition) is 5. The van der Waals surface area contributed by atoms with Gasteiger partial charge in [0.2, 0.25) is 5.75 Å². The lowest BCUT2D eigenvalue weighted by atomic mass is 10.1. The minimum Gasteiger partial charge on any atom is -0.493 e. The number of aromatic carboxylic acids is 1. The Morgan fingerprint density at radius 3 is 2.41 bits per heavy atom. The van der Waals surface area contributed by atoms with Gasteiger partial charge in [-0.25, -0.2) is 4.79 Å². The highest BCUT2D eigenvalue weighted by Gasteiger charge is 2.29. The molecule has 8 heteroatoms. The van der Waals surface area contributed by atoms with E-state index in [2.05, 4.69) is 0 Å². The molecule has 0 amide bonds. The number of methoxy groups -OCH3 is 2. The van der Waals surface area contributed by atoms with E-state index < -0.39 is 16.6 Å². The summed E-state index contributed by atoms with van der Waals surface area (Å²) in [6.45, 7) is 0. The smallest absolute Gasteiger partial charge is 0.337 e. The number of carbonyl (C=O) groups is 1. The van der Waals surface area contributed by atoms with Gasteiger partial charge in [-0.05, 0) is 22.6 Å². The van der Waals surface area contributed by atoms with Crippen molar-refractivity contribution in [2.75, 3.05) is 14.2 Å². The molecule has 0 atom stereocenters. The van der Waals surface area contributed by atoms with Crippen LogP contribution < -0.4 is 9.47 Å². The standard InChI is InChI=1S/C9H8INO6/c1-16-5-3-4(9(12)13)6(10)7(11(14)15)8(5)17-2/h3H,1-2H3,(H,12,13). The first-order valence-corrected chi connectivity index (χ1v) is 5.34. The molecular formula is C9H8INO6. The fourth-order valence-corrected chi connectivity index (χ4v) is 2.10. The van der Waals surface area contributed by atoms with Crippen molar-refractivity contribution in [2.45, 2.75) is 0 Å². The highest BCUT2D eigenvalue weighted by atomic mass is 127. The molecule has 0 aliphatic carbocycles. The van der Waals surface area contributed by atoms with E-state index in [4.69, 9.17) is 14.6 Å². The van der Waals surface area contributed by atoms with E-state index in [9.17, 15) is 14.9 Å². The third-order valence-electron chi connectivity index (χ3n) is 2.00. The third-order valence-corrected chi connectivity index (χ3v) is 3.09. The zero-order chi connectivity index (χ0) is 13.2. The number of rotatable bonds is 4. The summed E-state index contributed by atoms with van der Waals surface area (Å²) in [7, 11) is 2.53. The van der Waals surface area contributed by atoms with Crippen LogP contribution >= 0.6 is 22.6 Å². The fourth-order valence-electron chi connectivity index (χ4n) is 1.27. The number of nitrogens with zero attached hydrogens (tertiary/aromatic N) is 1. The van der Waals surface area contributed by atoms with Crippen LogP contribution in [-0.4, -0.2) is 30.2 Å². The van der Waals surface area contributed by atoms with Crippen molar-refractivity contribution < 1.29 is 24.3 Å². The SMILES string of the molecule is COc1cc(C(=O)O)c(I)c([N+](=O)[O-])c1OC. The largest absolute Gasteiger partial charge is 0.493 e. The van der Waals surface area contributed by atoms with Gasteiger partial charge in [0.15, 0.2) is 5.75 Å². The van der Waals surface area contributed by atoms with Gasteiger partial charge >= 0.3 is 11.7 Å². The molecule has 1 aromatic carbocycles. The van der Waals surface area contributed by atoms with Crippen LogP contribution in [0.25, 0.3) is 0 Å². The third kappa shape index (κ3) is 2.40. The van der Waals surface area contributed by atoms with Gasteiger partial charge in [-0.15, -0.1) is 0 Å². The van der Waals surface area contributed by atoms with Crippen molar-refractivity contribution in [2.24, 2.45) is 0 Å². The minimum atomic E-state index is -1.27. The Bertz CT molecular complexity index is 487. The maximum absolute atomic E-state index is 10.9. The maximum Gasteiger partial charge on any atom is 0.337 e. The molecule has 0 heterocycles. The van der Waals surface area contributed by atoms with Crippen LogP contribution in [0.15, 0.2) is 6.07 Å². The number of nitro benzene ring substituents is 1. The van der Waals surface area contributed by atoms with Crippen molar-refractivity contribution in [1.82, 2.24) is 0 Å². The molecule has 17 heavy (non-hydrogen) atoms. The van der Waals surface area contributed by atoms with Crippen molar-refractivity contribution in [3.05, 3.63) is 25.3 Å². The Balaban J connectivity index is 3.69. The molecule has 7 nitrogen and oxygen atoms in total. The summed E-state index contributed by atoms with van der Waals surface area (Å²) in [5, 5.41) is 19.8. The number of hydrogen-bond donors (Lipinski definition) is 1. The first kappa shape index (κ1) is 13.5. The second kappa shape index (κ2) is 5.17. The highest BCUT2D eigenvalue weighted by Crippen LogP contribution is 2.42. The van der Waals surface area contributed by atoms with Crippen molar-refractivity contribution in [3.8, 4) is 11.5 Å². The summed E-state index contributed by atoms with van der Waals surface area (Å²) < 4.78 is 9.75. The Morgan fingerprint density at radius 1 is 1.47 bits per heavy atom. The predicted octanol–water partition coefficient (Wildman–Crippen LogP) is 1.91. The molecule has 0 spiro atoms. The molecule has 0 unspecified atom stereocenters. The molecule has 1 N–H and O–H groups in total. The van der Waals surface area contributed by atoms with E-state index in [0.717, 1.165) is 0 Å². The topological polar surface area (TPSA) is 98.9 Å². The van der Waals surface area contributed by atoms with Crippen LogP contribution in [0.4, 0.5) is 5.69 Å². The Labute approximate surface area is 110 Å². The Hall–Kier alpha value is -1.58. The van der Waals surface area contributed by atoms with Crippen LogP contribution in [0.3, 0.4) is 0 Å². The quantitative estimate of drug-likeness (QED) is 0.504. The lowest BCUT2D eigenvalue weighted by molar-refractivity contribution is -0.386. The maximum atomic E-state index is 10.9. The molecular weight excluding hydrogens is 345 g/mol. The summed E-state index contributed by atoms with van der Waals surface area (Å²) in [6, 6.07) is 1.19. The zero-order valence-corrected chi connectivity index (χ0v) is 11.0. The molecule has 0 saturated carbocycles. The van der Waals surface area contributed by atoms with Gasteiger partial charge in [0, 0.05) is 6.07 Å². The summed E-state index contributed by atoms with van der Waals surface area (Å²) >= 11 is 1.60.